The van der Waals surface area contributed by atoms with E-state index < -0.39 is 59.6 Å². The second-order valence-electron chi connectivity index (χ2n) is 12.3. The Kier molecular flexibility index (Phi) is 11.0. The average molecular weight is 577 g/mol. The Morgan fingerprint density at radius 2 is 1.85 bits per heavy atom. The lowest BCUT2D eigenvalue weighted by atomic mass is 9.45. The Morgan fingerprint density at radius 1 is 1.17 bits per heavy atom. The molecule has 3 aliphatic rings. The summed E-state index contributed by atoms with van der Waals surface area (Å²) in [5.41, 5.74) is -0.348. The Balaban J connectivity index is 2.05. The van der Waals surface area contributed by atoms with Crippen molar-refractivity contribution in [2.75, 3.05) is 0 Å². The lowest BCUT2D eigenvalue weighted by molar-refractivity contribution is -0.254. The predicted octanol–water partition coefficient (Wildman–Crippen LogP) is 4.90. The topological polar surface area (TPSA) is 129 Å². The van der Waals surface area contributed by atoms with Crippen LogP contribution in [-0.4, -0.2) is 59.0 Å². The Hall–Kier alpha value is -2.49. The SMILES string of the molecule is C=CC(=C)CC[C@]1(C)[C@H]2C[C@H](OC(=O)CC(O)CCCCC)C=C3[C@H](OC(C)=O)O[C@H](OC(C)=O)[C@@]32[C@H](O)C[C@@H]1C. The van der Waals surface area contributed by atoms with Crippen LogP contribution >= 0.6 is 0 Å². The molecule has 1 aliphatic heterocycles. The summed E-state index contributed by atoms with van der Waals surface area (Å²) in [5, 5.41) is 22.2. The maximum Gasteiger partial charge on any atom is 0.309 e. The van der Waals surface area contributed by atoms with Crippen LogP contribution in [0.2, 0.25) is 0 Å². The third kappa shape index (κ3) is 6.95. The molecule has 0 radical (unpaired) electrons. The number of carbonyl (C=O) groups is 3. The number of aliphatic hydroxyl groups excluding tert-OH is 2. The van der Waals surface area contributed by atoms with Gasteiger partial charge in [-0.2, -0.15) is 0 Å². The molecule has 0 aromatic rings. The van der Waals surface area contributed by atoms with Gasteiger partial charge in [0, 0.05) is 19.4 Å². The van der Waals surface area contributed by atoms with Crippen molar-refractivity contribution in [1.29, 1.82) is 0 Å². The van der Waals surface area contributed by atoms with Crippen LogP contribution < -0.4 is 0 Å². The van der Waals surface area contributed by atoms with Gasteiger partial charge in [0.15, 0.2) is 0 Å². The summed E-state index contributed by atoms with van der Waals surface area (Å²) in [6.45, 7) is 16.7. The molecule has 9 atom stereocenters. The number of rotatable bonds is 13. The zero-order valence-electron chi connectivity index (χ0n) is 25.2. The normalized spacial score (nSPS) is 34.9. The highest BCUT2D eigenvalue weighted by atomic mass is 16.8. The summed E-state index contributed by atoms with van der Waals surface area (Å²) < 4.78 is 23.2. The zero-order chi connectivity index (χ0) is 30.5. The van der Waals surface area contributed by atoms with Crippen LogP contribution in [-0.2, 0) is 33.3 Å². The van der Waals surface area contributed by atoms with Crippen LogP contribution in [0.1, 0.15) is 92.4 Å². The van der Waals surface area contributed by atoms with Gasteiger partial charge in [0.05, 0.1) is 24.0 Å². The molecule has 9 nitrogen and oxygen atoms in total. The minimum Gasteiger partial charge on any atom is -0.458 e. The van der Waals surface area contributed by atoms with Gasteiger partial charge in [0.1, 0.15) is 6.10 Å². The average Bonchev–Trinajstić information content (AvgIpc) is 3.17. The van der Waals surface area contributed by atoms with Crippen LogP contribution in [0.5, 0.6) is 0 Å². The van der Waals surface area contributed by atoms with E-state index in [0.717, 1.165) is 24.8 Å². The van der Waals surface area contributed by atoms with Gasteiger partial charge in [0.2, 0.25) is 12.6 Å². The van der Waals surface area contributed by atoms with Gasteiger partial charge in [-0.15, -0.1) is 0 Å². The summed E-state index contributed by atoms with van der Waals surface area (Å²) in [7, 11) is 0. The zero-order valence-corrected chi connectivity index (χ0v) is 25.2. The molecule has 41 heavy (non-hydrogen) atoms. The number of ether oxygens (including phenoxy) is 4. The van der Waals surface area contributed by atoms with Crippen molar-refractivity contribution in [3.8, 4) is 0 Å². The molecule has 0 aromatic carbocycles. The minimum absolute atomic E-state index is 0.0348. The van der Waals surface area contributed by atoms with Crippen molar-refractivity contribution >= 4 is 17.9 Å². The summed E-state index contributed by atoms with van der Waals surface area (Å²) in [6, 6.07) is 0. The van der Waals surface area contributed by atoms with Crippen LogP contribution in [0, 0.1) is 22.7 Å². The number of hydrogen-bond donors (Lipinski definition) is 2. The van der Waals surface area contributed by atoms with Crippen molar-refractivity contribution in [1.82, 2.24) is 0 Å². The number of esters is 3. The minimum atomic E-state index is -1.23. The second kappa shape index (κ2) is 13.7. The lowest BCUT2D eigenvalue weighted by Gasteiger charge is -2.60. The van der Waals surface area contributed by atoms with Crippen molar-refractivity contribution in [2.24, 2.45) is 22.7 Å². The van der Waals surface area contributed by atoms with Crippen LogP contribution in [0.25, 0.3) is 0 Å². The molecular weight excluding hydrogens is 528 g/mol. The fraction of sp³-hybridized carbons (Fsp3) is 0.719. The standard InChI is InChI=1S/C32H48O9/c1-8-10-11-12-23(35)16-28(37)40-24-17-25-29(38-21(5)33)41-30(39-22(6)34)32(25)26(18-24)31(7,14-13-19(3)9-2)20(4)15-27(32)36/h9,17,20,23-24,26-27,29-30,35-36H,2-3,8,10-16,18H2,1,4-7H3/t20-,23?,24+,26+,27+,29+,30-,31-,32-/m0/s1. The van der Waals surface area contributed by atoms with Gasteiger partial charge in [-0.3, -0.25) is 19.1 Å². The van der Waals surface area contributed by atoms with E-state index in [2.05, 4.69) is 33.9 Å². The van der Waals surface area contributed by atoms with Crippen molar-refractivity contribution < 1.29 is 43.5 Å². The molecule has 1 saturated carbocycles. The Bertz CT molecular complexity index is 1030. The molecule has 0 bridgehead atoms. The monoisotopic (exact) mass is 576 g/mol. The summed E-state index contributed by atoms with van der Waals surface area (Å²) in [6.07, 6.45) is 3.73. The lowest BCUT2D eigenvalue weighted by Crippen LogP contribution is -2.63. The summed E-state index contributed by atoms with van der Waals surface area (Å²) in [4.78, 5) is 37.3. The number of carbonyl (C=O) groups excluding carboxylic acids is 3. The first-order valence-electron chi connectivity index (χ1n) is 14.9. The fourth-order valence-electron chi connectivity index (χ4n) is 7.16. The van der Waals surface area contributed by atoms with Crippen LogP contribution in [0.3, 0.4) is 0 Å². The maximum atomic E-state index is 12.9. The molecule has 2 aliphatic carbocycles. The number of aliphatic hydroxyl groups is 2. The molecule has 1 saturated heterocycles. The first-order chi connectivity index (χ1) is 19.3. The van der Waals surface area contributed by atoms with E-state index in [0.29, 0.717) is 37.7 Å². The molecule has 1 heterocycles. The van der Waals surface area contributed by atoms with Gasteiger partial charge in [-0.25, -0.2) is 0 Å². The van der Waals surface area contributed by atoms with Gasteiger partial charge < -0.3 is 24.4 Å². The van der Waals surface area contributed by atoms with Crippen LogP contribution in [0.15, 0.2) is 36.5 Å². The molecule has 3 rings (SSSR count). The van der Waals surface area contributed by atoms with Gasteiger partial charge in [-0.1, -0.05) is 64.8 Å². The molecule has 1 unspecified atom stereocenters. The van der Waals surface area contributed by atoms with Gasteiger partial charge >= 0.3 is 17.9 Å². The van der Waals surface area contributed by atoms with E-state index in [4.69, 9.17) is 18.9 Å². The van der Waals surface area contributed by atoms with E-state index in [9.17, 15) is 24.6 Å². The number of allylic oxidation sites excluding steroid dienone is 2. The summed E-state index contributed by atoms with van der Waals surface area (Å²) in [5.74, 6) is -2.08. The third-order valence-electron chi connectivity index (χ3n) is 9.50. The smallest absolute Gasteiger partial charge is 0.309 e. The van der Waals surface area contributed by atoms with Gasteiger partial charge in [-0.05, 0) is 55.4 Å². The molecular formula is C32H48O9. The van der Waals surface area contributed by atoms with Gasteiger partial charge in [0.25, 0.3) is 0 Å². The first kappa shape index (κ1) is 33.0. The van der Waals surface area contributed by atoms with E-state index >= 15 is 0 Å². The highest BCUT2D eigenvalue weighted by molar-refractivity contribution is 5.70. The molecule has 0 amide bonds. The van der Waals surface area contributed by atoms with E-state index in [1.165, 1.54) is 13.8 Å². The largest absolute Gasteiger partial charge is 0.458 e. The molecule has 1 spiro atoms. The van der Waals surface area contributed by atoms with Crippen molar-refractivity contribution in [3.63, 3.8) is 0 Å². The first-order valence-corrected chi connectivity index (χ1v) is 14.9. The maximum absolute atomic E-state index is 12.9. The Morgan fingerprint density at radius 3 is 2.46 bits per heavy atom. The highest BCUT2D eigenvalue weighted by Crippen LogP contribution is 2.67. The van der Waals surface area contributed by atoms with Crippen LogP contribution in [0.4, 0.5) is 0 Å². The quantitative estimate of drug-likeness (QED) is 0.103. The third-order valence-corrected chi connectivity index (χ3v) is 9.50. The number of unbranched alkanes of at least 4 members (excludes halogenated alkanes) is 2. The molecule has 9 heteroatoms. The van der Waals surface area contributed by atoms with E-state index in [1.807, 2.05) is 0 Å². The van der Waals surface area contributed by atoms with Crippen molar-refractivity contribution in [2.45, 2.75) is 123 Å². The highest BCUT2D eigenvalue weighted by Gasteiger charge is 2.71. The Labute approximate surface area is 243 Å². The molecule has 2 fully saturated rings. The molecule has 0 aromatic heterocycles. The molecule has 230 valence electrons. The summed E-state index contributed by atoms with van der Waals surface area (Å²) >= 11 is 0. The number of hydrogen-bond acceptors (Lipinski definition) is 9. The predicted molar refractivity (Wildman–Crippen MR) is 152 cm³/mol. The fourth-order valence-corrected chi connectivity index (χ4v) is 7.16. The van der Waals surface area contributed by atoms with E-state index in [1.54, 1.807) is 12.2 Å². The molecule has 2 N–H and O–H groups in total. The van der Waals surface area contributed by atoms with Crippen molar-refractivity contribution in [3.05, 3.63) is 36.5 Å². The van der Waals surface area contributed by atoms with E-state index in [-0.39, 0.29) is 18.3 Å². The second-order valence-corrected chi connectivity index (χ2v) is 12.3.